The highest BCUT2D eigenvalue weighted by atomic mass is 19.4. The van der Waals surface area contributed by atoms with E-state index in [4.69, 9.17) is 0 Å². The van der Waals surface area contributed by atoms with Crippen molar-refractivity contribution >= 4 is 11.8 Å². The van der Waals surface area contributed by atoms with E-state index in [9.17, 15) is 22.8 Å². The van der Waals surface area contributed by atoms with Crippen LogP contribution in [0.1, 0.15) is 20.3 Å². The van der Waals surface area contributed by atoms with Gasteiger partial charge in [0.1, 0.15) is 12.3 Å². The van der Waals surface area contributed by atoms with E-state index in [0.29, 0.717) is 0 Å². The molecule has 0 aliphatic rings. The van der Waals surface area contributed by atoms with Crippen molar-refractivity contribution in [2.75, 3.05) is 7.11 Å². The molecule has 0 radical (unpaired) electrons. The van der Waals surface area contributed by atoms with Crippen molar-refractivity contribution in [3.05, 3.63) is 0 Å². The standard InChI is InChI=1S/C9H13F3O3/c1-5(2)7(8(14)15-3)6(13)4-9(10,11)12/h5,7H,4H2,1-3H3. The van der Waals surface area contributed by atoms with Crippen LogP contribution in [0.2, 0.25) is 0 Å². The van der Waals surface area contributed by atoms with Gasteiger partial charge in [0, 0.05) is 0 Å². The van der Waals surface area contributed by atoms with Crippen molar-refractivity contribution in [2.24, 2.45) is 11.8 Å². The third-order valence-corrected chi connectivity index (χ3v) is 1.84. The summed E-state index contributed by atoms with van der Waals surface area (Å²) in [5, 5.41) is 0. The van der Waals surface area contributed by atoms with Gasteiger partial charge in [-0.25, -0.2) is 0 Å². The molecule has 0 saturated heterocycles. The zero-order valence-electron chi connectivity index (χ0n) is 8.72. The molecule has 0 amide bonds. The Morgan fingerprint density at radius 3 is 2.00 bits per heavy atom. The fraction of sp³-hybridized carbons (Fsp3) is 0.778. The topological polar surface area (TPSA) is 43.4 Å². The molecule has 0 rings (SSSR count). The van der Waals surface area contributed by atoms with E-state index in [-0.39, 0.29) is 0 Å². The maximum Gasteiger partial charge on any atom is 0.395 e. The molecule has 0 bridgehead atoms. The largest absolute Gasteiger partial charge is 0.468 e. The third-order valence-electron chi connectivity index (χ3n) is 1.84. The Bertz CT molecular complexity index is 245. The minimum Gasteiger partial charge on any atom is -0.468 e. The van der Waals surface area contributed by atoms with Crippen LogP contribution in [0.25, 0.3) is 0 Å². The molecular weight excluding hydrogens is 213 g/mol. The van der Waals surface area contributed by atoms with Crippen LogP contribution in [-0.2, 0) is 14.3 Å². The van der Waals surface area contributed by atoms with Crippen LogP contribution in [0, 0.1) is 11.8 Å². The number of methoxy groups -OCH3 is 1. The second kappa shape index (κ2) is 5.14. The van der Waals surface area contributed by atoms with E-state index in [1.165, 1.54) is 13.8 Å². The molecule has 3 nitrogen and oxygen atoms in total. The predicted octanol–water partition coefficient (Wildman–Crippen LogP) is 1.95. The molecule has 0 N–H and O–H groups in total. The van der Waals surface area contributed by atoms with E-state index in [1.807, 2.05) is 0 Å². The van der Waals surface area contributed by atoms with Gasteiger partial charge in [-0.3, -0.25) is 9.59 Å². The second-order valence-corrected chi connectivity index (χ2v) is 3.50. The monoisotopic (exact) mass is 226 g/mol. The highest BCUT2D eigenvalue weighted by molar-refractivity contribution is 5.99. The SMILES string of the molecule is COC(=O)C(C(=O)CC(F)(F)F)C(C)C. The highest BCUT2D eigenvalue weighted by Gasteiger charge is 2.38. The Morgan fingerprint density at radius 1 is 1.27 bits per heavy atom. The van der Waals surface area contributed by atoms with Crippen LogP contribution >= 0.6 is 0 Å². The first-order chi connectivity index (χ1) is 6.69. The molecular formula is C9H13F3O3. The zero-order valence-corrected chi connectivity index (χ0v) is 8.72. The molecule has 88 valence electrons. The van der Waals surface area contributed by atoms with E-state index < -0.39 is 36.2 Å². The van der Waals surface area contributed by atoms with Gasteiger partial charge in [-0.2, -0.15) is 13.2 Å². The summed E-state index contributed by atoms with van der Waals surface area (Å²) in [5.41, 5.74) is 0. The first kappa shape index (κ1) is 13.9. The first-order valence-electron chi connectivity index (χ1n) is 4.36. The molecule has 0 saturated carbocycles. The van der Waals surface area contributed by atoms with Crippen molar-refractivity contribution in [1.29, 1.82) is 0 Å². The fourth-order valence-electron chi connectivity index (χ4n) is 1.21. The molecule has 1 unspecified atom stereocenters. The van der Waals surface area contributed by atoms with Gasteiger partial charge in [-0.15, -0.1) is 0 Å². The summed E-state index contributed by atoms with van der Waals surface area (Å²) in [6.45, 7) is 2.99. The smallest absolute Gasteiger partial charge is 0.395 e. The van der Waals surface area contributed by atoms with Gasteiger partial charge in [0.2, 0.25) is 0 Å². The average Bonchev–Trinajstić information content (AvgIpc) is 1.99. The van der Waals surface area contributed by atoms with Gasteiger partial charge >= 0.3 is 12.1 Å². The van der Waals surface area contributed by atoms with Gasteiger partial charge in [0.25, 0.3) is 0 Å². The number of esters is 1. The Balaban J connectivity index is 4.65. The molecule has 6 heteroatoms. The normalized spacial score (nSPS) is 13.8. The summed E-state index contributed by atoms with van der Waals surface area (Å²) in [4.78, 5) is 22.3. The Morgan fingerprint density at radius 2 is 1.73 bits per heavy atom. The summed E-state index contributed by atoms with van der Waals surface area (Å²) >= 11 is 0. The molecule has 1 atom stereocenters. The maximum atomic E-state index is 11.9. The number of carbonyl (C=O) groups is 2. The van der Waals surface area contributed by atoms with Crippen LogP contribution in [-0.4, -0.2) is 25.0 Å². The lowest BCUT2D eigenvalue weighted by atomic mass is 9.90. The average molecular weight is 226 g/mol. The number of ether oxygens (including phenoxy) is 1. The minimum absolute atomic E-state index is 0.507. The molecule has 0 aromatic carbocycles. The molecule has 0 aliphatic carbocycles. The second-order valence-electron chi connectivity index (χ2n) is 3.50. The van der Waals surface area contributed by atoms with Crippen molar-refractivity contribution in [1.82, 2.24) is 0 Å². The van der Waals surface area contributed by atoms with Crippen molar-refractivity contribution in [3.63, 3.8) is 0 Å². The maximum absolute atomic E-state index is 11.9. The number of ketones is 1. The molecule has 0 fully saturated rings. The number of carbonyl (C=O) groups excluding carboxylic acids is 2. The van der Waals surface area contributed by atoms with Gasteiger partial charge in [0.15, 0.2) is 5.78 Å². The van der Waals surface area contributed by atoms with Gasteiger partial charge in [-0.1, -0.05) is 13.8 Å². The predicted molar refractivity (Wildman–Crippen MR) is 46.0 cm³/mol. The quantitative estimate of drug-likeness (QED) is 0.543. The van der Waals surface area contributed by atoms with Gasteiger partial charge in [0.05, 0.1) is 7.11 Å². The zero-order chi connectivity index (χ0) is 12.2. The van der Waals surface area contributed by atoms with Crippen molar-refractivity contribution in [2.45, 2.75) is 26.4 Å². The minimum atomic E-state index is -4.59. The van der Waals surface area contributed by atoms with Crippen molar-refractivity contribution in [3.8, 4) is 0 Å². The third kappa shape index (κ3) is 4.80. The lowest BCUT2D eigenvalue weighted by molar-refractivity contribution is -0.162. The highest BCUT2D eigenvalue weighted by Crippen LogP contribution is 2.25. The Hall–Kier alpha value is -1.07. The van der Waals surface area contributed by atoms with E-state index in [0.717, 1.165) is 7.11 Å². The van der Waals surface area contributed by atoms with Crippen LogP contribution in [0.3, 0.4) is 0 Å². The first-order valence-corrected chi connectivity index (χ1v) is 4.36. The van der Waals surface area contributed by atoms with E-state index in [2.05, 4.69) is 4.74 Å². The summed E-state index contributed by atoms with van der Waals surface area (Å²) in [7, 11) is 1.04. The number of hydrogen-bond donors (Lipinski definition) is 0. The summed E-state index contributed by atoms with van der Waals surface area (Å²) < 4.78 is 40.1. The van der Waals surface area contributed by atoms with Crippen LogP contribution < -0.4 is 0 Å². The molecule has 0 aliphatic heterocycles. The number of alkyl halides is 3. The number of hydrogen-bond acceptors (Lipinski definition) is 3. The van der Waals surface area contributed by atoms with Crippen LogP contribution in [0.4, 0.5) is 13.2 Å². The molecule has 15 heavy (non-hydrogen) atoms. The lowest BCUT2D eigenvalue weighted by Crippen LogP contribution is -2.32. The van der Waals surface area contributed by atoms with E-state index in [1.54, 1.807) is 0 Å². The van der Waals surface area contributed by atoms with Gasteiger partial charge < -0.3 is 4.74 Å². The van der Waals surface area contributed by atoms with Crippen molar-refractivity contribution < 1.29 is 27.5 Å². The number of halogens is 3. The van der Waals surface area contributed by atoms with Crippen LogP contribution in [0.5, 0.6) is 0 Å². The lowest BCUT2D eigenvalue weighted by Gasteiger charge is -2.17. The Kier molecular flexibility index (Phi) is 4.77. The number of rotatable bonds is 4. The summed E-state index contributed by atoms with van der Waals surface area (Å²) in [6.07, 6.45) is -6.18. The molecule has 0 aromatic heterocycles. The van der Waals surface area contributed by atoms with Crippen LogP contribution in [0.15, 0.2) is 0 Å². The number of Topliss-reactive ketones (excluding diaryl/α,β-unsaturated/α-hetero) is 1. The fourth-order valence-corrected chi connectivity index (χ4v) is 1.21. The van der Waals surface area contributed by atoms with E-state index >= 15 is 0 Å². The molecule has 0 aromatic rings. The molecule has 0 heterocycles. The Labute approximate surface area is 85.6 Å². The summed E-state index contributed by atoms with van der Waals surface area (Å²) in [6, 6.07) is 0. The molecule has 0 spiro atoms. The van der Waals surface area contributed by atoms with Gasteiger partial charge in [-0.05, 0) is 5.92 Å². The summed E-state index contributed by atoms with van der Waals surface area (Å²) in [5.74, 6) is -3.91.